The molecule has 3 atom stereocenters. The lowest BCUT2D eigenvalue weighted by Crippen LogP contribution is -2.55. The number of aromatic nitrogens is 1. The van der Waals surface area contributed by atoms with Gasteiger partial charge in [-0.15, -0.1) is 5.06 Å². The molecule has 35 heavy (non-hydrogen) atoms. The fourth-order valence-corrected chi connectivity index (χ4v) is 4.53. The zero-order valence-electron chi connectivity index (χ0n) is 19.0. The Labute approximate surface area is 198 Å². The highest BCUT2D eigenvalue weighted by Gasteiger charge is 2.42. The highest BCUT2D eigenvalue weighted by molar-refractivity contribution is 5.44. The highest BCUT2D eigenvalue weighted by atomic mass is 19.4. The third kappa shape index (κ3) is 6.12. The predicted octanol–water partition coefficient (Wildman–Crippen LogP) is 6.67. The van der Waals surface area contributed by atoms with E-state index in [-0.39, 0.29) is 42.2 Å². The summed E-state index contributed by atoms with van der Waals surface area (Å²) >= 11 is 0. The van der Waals surface area contributed by atoms with Crippen LogP contribution in [-0.2, 0) is 12.4 Å². The second-order valence-corrected chi connectivity index (χ2v) is 8.79. The minimum Gasteiger partial charge on any atom is -0.490 e. The summed E-state index contributed by atoms with van der Waals surface area (Å²) in [7, 11) is 0. The molecule has 0 spiro atoms. The third-order valence-corrected chi connectivity index (χ3v) is 6.15. The SMILES string of the molecule is CCCOc1cc(C(F)(F)F)ccc1O[C@H]1C[C@H]2CCC[C@@H](C1)N2Oc1ccc(C(F)(F)F)cn1. The number of halogens is 6. The summed E-state index contributed by atoms with van der Waals surface area (Å²) in [6, 6.07) is 5.22. The van der Waals surface area contributed by atoms with Crippen LogP contribution in [0.4, 0.5) is 26.3 Å². The maximum atomic E-state index is 13.2. The molecule has 2 saturated heterocycles. The second-order valence-electron chi connectivity index (χ2n) is 8.79. The summed E-state index contributed by atoms with van der Waals surface area (Å²) in [6.07, 6.45) is -4.22. The number of hydrogen-bond donors (Lipinski definition) is 0. The van der Waals surface area contributed by atoms with Gasteiger partial charge in [0.1, 0.15) is 6.10 Å². The Morgan fingerprint density at radius 1 is 0.914 bits per heavy atom. The Kier molecular flexibility index (Phi) is 7.35. The van der Waals surface area contributed by atoms with E-state index in [1.54, 1.807) is 5.06 Å². The van der Waals surface area contributed by atoms with E-state index >= 15 is 0 Å². The van der Waals surface area contributed by atoms with Crippen LogP contribution in [0.15, 0.2) is 36.5 Å². The lowest BCUT2D eigenvalue weighted by Gasteiger charge is -2.46. The van der Waals surface area contributed by atoms with Crippen LogP contribution in [0.2, 0.25) is 0 Å². The molecule has 2 aliphatic rings. The summed E-state index contributed by atoms with van der Waals surface area (Å²) in [5, 5.41) is 1.78. The van der Waals surface area contributed by atoms with Crippen molar-refractivity contribution in [1.29, 1.82) is 0 Å². The maximum absolute atomic E-state index is 13.2. The molecule has 0 unspecified atom stereocenters. The van der Waals surface area contributed by atoms with E-state index < -0.39 is 23.5 Å². The van der Waals surface area contributed by atoms with Gasteiger partial charge >= 0.3 is 12.4 Å². The molecule has 0 amide bonds. The molecule has 2 aliphatic heterocycles. The lowest BCUT2D eigenvalue weighted by molar-refractivity contribution is -0.185. The van der Waals surface area contributed by atoms with Gasteiger partial charge in [-0.3, -0.25) is 0 Å². The number of fused-ring (bicyclic) bond motifs is 2. The molecule has 5 nitrogen and oxygen atoms in total. The Bertz CT molecular complexity index is 982. The van der Waals surface area contributed by atoms with Crippen molar-refractivity contribution in [2.75, 3.05) is 6.61 Å². The monoisotopic (exact) mass is 504 g/mol. The molecule has 11 heteroatoms. The molecule has 1 aromatic heterocycles. The van der Waals surface area contributed by atoms with Gasteiger partial charge in [-0.05, 0) is 43.5 Å². The van der Waals surface area contributed by atoms with Gasteiger partial charge < -0.3 is 14.3 Å². The van der Waals surface area contributed by atoms with Gasteiger partial charge in [0.05, 0.1) is 17.7 Å². The predicted molar refractivity (Wildman–Crippen MR) is 114 cm³/mol. The Hall–Kier alpha value is -2.69. The van der Waals surface area contributed by atoms with Crippen molar-refractivity contribution in [2.24, 2.45) is 0 Å². The molecule has 2 aromatic rings. The van der Waals surface area contributed by atoms with Crippen LogP contribution in [0.25, 0.3) is 0 Å². The Morgan fingerprint density at radius 3 is 2.14 bits per heavy atom. The van der Waals surface area contributed by atoms with Gasteiger partial charge in [0.2, 0.25) is 5.88 Å². The van der Waals surface area contributed by atoms with Crippen molar-refractivity contribution in [2.45, 2.75) is 76.0 Å². The molecule has 0 radical (unpaired) electrons. The summed E-state index contributed by atoms with van der Waals surface area (Å²) in [5.41, 5.74) is -1.66. The van der Waals surface area contributed by atoms with Crippen LogP contribution < -0.4 is 14.3 Å². The van der Waals surface area contributed by atoms with Gasteiger partial charge in [0.25, 0.3) is 0 Å². The van der Waals surface area contributed by atoms with Crippen LogP contribution in [-0.4, -0.2) is 34.8 Å². The largest absolute Gasteiger partial charge is 0.490 e. The summed E-state index contributed by atoms with van der Waals surface area (Å²) in [5.74, 6) is 0.389. The zero-order chi connectivity index (χ0) is 25.2. The van der Waals surface area contributed by atoms with Crippen molar-refractivity contribution >= 4 is 0 Å². The van der Waals surface area contributed by atoms with Crippen LogP contribution >= 0.6 is 0 Å². The van der Waals surface area contributed by atoms with Crippen LogP contribution in [0.1, 0.15) is 56.6 Å². The maximum Gasteiger partial charge on any atom is 0.417 e. The Morgan fingerprint density at radius 2 is 1.57 bits per heavy atom. The standard InChI is InChI=1S/C24H26F6N2O3/c1-2-10-33-21-11-15(23(25,26)27)6-8-20(21)34-19-12-17-4-3-5-18(13-19)32(17)35-22-9-7-16(14-31-22)24(28,29)30/h6-9,11,14,17-19H,2-5,10,12-13H2,1H3/t17-,18+,19+. The van der Waals surface area contributed by atoms with Crippen molar-refractivity contribution < 1.29 is 40.7 Å². The van der Waals surface area contributed by atoms with Gasteiger partial charge in [-0.1, -0.05) is 13.3 Å². The number of pyridine rings is 1. The van der Waals surface area contributed by atoms with Gasteiger partial charge in [0.15, 0.2) is 11.5 Å². The smallest absolute Gasteiger partial charge is 0.417 e. The molecule has 2 fully saturated rings. The summed E-state index contributed by atoms with van der Waals surface area (Å²) in [4.78, 5) is 9.67. The van der Waals surface area contributed by atoms with Crippen molar-refractivity contribution in [3.05, 3.63) is 47.7 Å². The average Bonchev–Trinajstić information content (AvgIpc) is 2.78. The number of nitrogens with zero attached hydrogens (tertiary/aromatic N) is 2. The Balaban J connectivity index is 1.45. The topological polar surface area (TPSA) is 43.8 Å². The fraction of sp³-hybridized carbons (Fsp3) is 0.542. The van der Waals surface area contributed by atoms with Crippen LogP contribution in [0.5, 0.6) is 17.4 Å². The summed E-state index contributed by atoms with van der Waals surface area (Å²) < 4.78 is 89.5. The van der Waals surface area contributed by atoms with E-state index in [0.717, 1.165) is 43.7 Å². The molecule has 0 N–H and O–H groups in total. The first-order valence-electron chi connectivity index (χ1n) is 11.5. The molecule has 3 heterocycles. The quantitative estimate of drug-likeness (QED) is 0.394. The molecular formula is C24H26F6N2O3. The number of rotatable bonds is 7. The van der Waals surface area contributed by atoms with E-state index in [4.69, 9.17) is 14.3 Å². The number of hydroxylamine groups is 2. The minimum absolute atomic E-state index is 0.0551. The van der Waals surface area contributed by atoms with Crippen molar-refractivity contribution in [3.63, 3.8) is 0 Å². The highest BCUT2D eigenvalue weighted by Crippen LogP contribution is 2.40. The number of benzene rings is 1. The van der Waals surface area contributed by atoms with E-state index in [2.05, 4.69) is 4.98 Å². The van der Waals surface area contributed by atoms with E-state index in [9.17, 15) is 26.3 Å². The number of hydrogen-bond acceptors (Lipinski definition) is 5. The van der Waals surface area contributed by atoms with E-state index in [1.807, 2.05) is 6.92 Å². The fourth-order valence-electron chi connectivity index (χ4n) is 4.53. The normalized spacial score (nSPS) is 23.1. The van der Waals surface area contributed by atoms with Gasteiger partial charge in [0, 0.05) is 37.2 Å². The van der Waals surface area contributed by atoms with Crippen LogP contribution in [0, 0.1) is 0 Å². The first-order chi connectivity index (χ1) is 16.5. The lowest BCUT2D eigenvalue weighted by atomic mass is 9.84. The first kappa shape index (κ1) is 25.4. The van der Waals surface area contributed by atoms with E-state index in [0.29, 0.717) is 19.3 Å². The summed E-state index contributed by atoms with van der Waals surface area (Å²) in [6.45, 7) is 2.12. The molecule has 0 saturated carbocycles. The zero-order valence-corrected chi connectivity index (χ0v) is 19.0. The molecular weight excluding hydrogens is 478 g/mol. The third-order valence-electron chi connectivity index (χ3n) is 6.15. The first-order valence-corrected chi connectivity index (χ1v) is 11.5. The van der Waals surface area contributed by atoms with Crippen molar-refractivity contribution in [3.8, 4) is 17.4 Å². The minimum atomic E-state index is -4.49. The second kappa shape index (κ2) is 10.1. The number of alkyl halides is 6. The molecule has 192 valence electrons. The van der Waals surface area contributed by atoms with Crippen LogP contribution in [0.3, 0.4) is 0 Å². The molecule has 0 aliphatic carbocycles. The number of ether oxygens (including phenoxy) is 2. The molecule has 2 bridgehead atoms. The van der Waals surface area contributed by atoms with Crippen molar-refractivity contribution in [1.82, 2.24) is 10.0 Å². The average molecular weight is 504 g/mol. The molecule has 4 rings (SSSR count). The number of piperidine rings is 2. The molecule has 1 aromatic carbocycles. The van der Waals surface area contributed by atoms with Gasteiger partial charge in [-0.25, -0.2) is 4.98 Å². The van der Waals surface area contributed by atoms with Gasteiger partial charge in [-0.2, -0.15) is 26.3 Å². The van der Waals surface area contributed by atoms with E-state index in [1.165, 1.54) is 12.1 Å².